The molecule has 0 aliphatic rings. The predicted octanol–water partition coefficient (Wildman–Crippen LogP) is 3.19. The van der Waals surface area contributed by atoms with Crippen molar-refractivity contribution in [1.82, 2.24) is 0 Å². The minimum atomic E-state index is -0.459. The Hall–Kier alpha value is -0.760. The lowest BCUT2D eigenvalue weighted by molar-refractivity contribution is 0.342. The van der Waals surface area contributed by atoms with E-state index in [4.69, 9.17) is 16.3 Å². The molecule has 1 unspecified atom stereocenters. The van der Waals surface area contributed by atoms with Crippen molar-refractivity contribution >= 4 is 11.6 Å². The second kappa shape index (κ2) is 5.86. The Kier molecular flexibility index (Phi) is 4.74. The number of alkyl halides is 2. The molecule has 0 amide bonds. The Morgan fingerprint density at radius 1 is 1.50 bits per heavy atom. The molecular weight excluding hydrogens is 203 g/mol. The summed E-state index contributed by atoms with van der Waals surface area (Å²) >= 11 is 5.48. The van der Waals surface area contributed by atoms with Gasteiger partial charge in [-0.2, -0.15) is 0 Å². The molecule has 3 heteroatoms. The number of benzene rings is 1. The van der Waals surface area contributed by atoms with Crippen LogP contribution in [0.15, 0.2) is 24.3 Å². The summed E-state index contributed by atoms with van der Waals surface area (Å²) in [5, 5.41) is 0. The number of ether oxygens (including phenoxy) is 1. The second-order valence-electron chi connectivity index (χ2n) is 2.96. The van der Waals surface area contributed by atoms with Crippen LogP contribution in [0.5, 0.6) is 5.75 Å². The molecule has 14 heavy (non-hydrogen) atoms. The molecule has 0 aromatic heterocycles. The summed E-state index contributed by atoms with van der Waals surface area (Å²) in [7, 11) is 0. The fraction of sp³-hybridized carbons (Fsp3) is 0.364. The third-order valence-corrected chi connectivity index (χ3v) is 2.02. The largest absolute Gasteiger partial charge is 0.492 e. The Bertz CT molecular complexity index is 278. The van der Waals surface area contributed by atoms with E-state index in [2.05, 4.69) is 6.92 Å². The van der Waals surface area contributed by atoms with E-state index in [1.807, 2.05) is 18.2 Å². The molecular formula is C11H13ClFO. The molecule has 0 heterocycles. The van der Waals surface area contributed by atoms with Crippen LogP contribution in [-0.4, -0.2) is 19.2 Å². The van der Waals surface area contributed by atoms with Crippen LogP contribution in [0.25, 0.3) is 0 Å². The van der Waals surface area contributed by atoms with E-state index in [9.17, 15) is 4.39 Å². The standard InChI is InChI=1S/C11H13ClFO/c1-9(8-13)10-3-2-4-11(7-10)14-6-5-12/h2-4,7,9H,1,5-6,8H2. The van der Waals surface area contributed by atoms with Gasteiger partial charge in [0.2, 0.25) is 0 Å². The van der Waals surface area contributed by atoms with Gasteiger partial charge < -0.3 is 4.74 Å². The average Bonchev–Trinajstić information content (AvgIpc) is 2.25. The van der Waals surface area contributed by atoms with Crippen molar-refractivity contribution in [3.8, 4) is 5.75 Å². The number of hydrogen-bond donors (Lipinski definition) is 0. The zero-order valence-electron chi connectivity index (χ0n) is 7.88. The second-order valence-corrected chi connectivity index (χ2v) is 3.34. The van der Waals surface area contributed by atoms with Crippen molar-refractivity contribution in [3.63, 3.8) is 0 Å². The van der Waals surface area contributed by atoms with E-state index in [-0.39, 0.29) is 5.92 Å². The van der Waals surface area contributed by atoms with Gasteiger partial charge in [-0.1, -0.05) is 12.1 Å². The number of hydrogen-bond acceptors (Lipinski definition) is 1. The van der Waals surface area contributed by atoms with Crippen molar-refractivity contribution < 1.29 is 9.13 Å². The van der Waals surface area contributed by atoms with Gasteiger partial charge in [0.05, 0.1) is 12.6 Å². The van der Waals surface area contributed by atoms with Crippen LogP contribution in [-0.2, 0) is 0 Å². The molecule has 0 saturated heterocycles. The summed E-state index contributed by atoms with van der Waals surface area (Å²) < 4.78 is 17.6. The molecule has 1 radical (unpaired) electrons. The summed E-state index contributed by atoms with van der Waals surface area (Å²) in [6, 6.07) is 7.28. The topological polar surface area (TPSA) is 9.23 Å². The number of rotatable bonds is 5. The van der Waals surface area contributed by atoms with Gasteiger partial charge in [0.1, 0.15) is 12.4 Å². The van der Waals surface area contributed by atoms with Gasteiger partial charge in [-0.15, -0.1) is 11.6 Å². The first-order valence-corrected chi connectivity index (χ1v) is 4.99. The zero-order valence-corrected chi connectivity index (χ0v) is 8.64. The van der Waals surface area contributed by atoms with Gasteiger partial charge in [-0.05, 0) is 24.6 Å². The summed E-state index contributed by atoms with van der Waals surface area (Å²) in [6.45, 7) is 3.69. The predicted molar refractivity (Wildman–Crippen MR) is 56.7 cm³/mol. The van der Waals surface area contributed by atoms with Crippen molar-refractivity contribution in [1.29, 1.82) is 0 Å². The molecule has 1 aromatic rings. The van der Waals surface area contributed by atoms with E-state index in [1.54, 1.807) is 6.07 Å². The molecule has 0 aliphatic heterocycles. The van der Waals surface area contributed by atoms with E-state index in [0.29, 0.717) is 18.2 Å². The van der Waals surface area contributed by atoms with Crippen LogP contribution in [0, 0.1) is 6.92 Å². The first-order valence-electron chi connectivity index (χ1n) is 4.45. The maximum atomic E-state index is 12.3. The first kappa shape index (κ1) is 11.3. The first-order chi connectivity index (χ1) is 6.77. The van der Waals surface area contributed by atoms with Crippen molar-refractivity contribution in [2.45, 2.75) is 5.92 Å². The molecule has 1 nitrogen and oxygen atoms in total. The number of halogens is 2. The van der Waals surface area contributed by atoms with Gasteiger partial charge >= 0.3 is 0 Å². The Morgan fingerprint density at radius 2 is 2.29 bits per heavy atom. The SMILES string of the molecule is [CH2]C(CF)c1cccc(OCCCl)c1. The fourth-order valence-electron chi connectivity index (χ4n) is 1.10. The quantitative estimate of drug-likeness (QED) is 0.686. The minimum absolute atomic E-state index is 0.324. The van der Waals surface area contributed by atoms with E-state index in [0.717, 1.165) is 5.56 Å². The highest BCUT2D eigenvalue weighted by Gasteiger charge is 2.05. The van der Waals surface area contributed by atoms with E-state index < -0.39 is 6.67 Å². The van der Waals surface area contributed by atoms with Crippen LogP contribution < -0.4 is 4.74 Å². The lowest BCUT2D eigenvalue weighted by Gasteiger charge is -2.09. The van der Waals surface area contributed by atoms with Gasteiger partial charge in [-0.3, -0.25) is 4.39 Å². The Morgan fingerprint density at radius 3 is 2.93 bits per heavy atom. The van der Waals surface area contributed by atoms with Crippen LogP contribution in [0.4, 0.5) is 4.39 Å². The maximum absolute atomic E-state index is 12.3. The normalized spacial score (nSPS) is 12.5. The third kappa shape index (κ3) is 3.18. The molecule has 0 bridgehead atoms. The summed E-state index contributed by atoms with van der Waals surface area (Å²) in [5.74, 6) is 0.834. The molecule has 0 fully saturated rings. The molecule has 1 aromatic carbocycles. The summed E-state index contributed by atoms with van der Waals surface area (Å²) in [5.41, 5.74) is 0.847. The molecule has 77 valence electrons. The van der Waals surface area contributed by atoms with Gasteiger partial charge in [0, 0.05) is 5.92 Å². The molecule has 0 saturated carbocycles. The maximum Gasteiger partial charge on any atom is 0.119 e. The van der Waals surface area contributed by atoms with E-state index in [1.165, 1.54) is 0 Å². The molecule has 0 spiro atoms. The fourth-order valence-corrected chi connectivity index (χ4v) is 1.18. The van der Waals surface area contributed by atoms with Crippen LogP contribution in [0.1, 0.15) is 11.5 Å². The summed E-state index contributed by atoms with van der Waals surface area (Å²) in [6.07, 6.45) is 0. The highest BCUT2D eigenvalue weighted by atomic mass is 35.5. The monoisotopic (exact) mass is 215 g/mol. The smallest absolute Gasteiger partial charge is 0.119 e. The molecule has 0 N–H and O–H groups in total. The van der Waals surface area contributed by atoms with Crippen LogP contribution >= 0.6 is 11.6 Å². The van der Waals surface area contributed by atoms with Gasteiger partial charge in [0.25, 0.3) is 0 Å². The third-order valence-electron chi connectivity index (χ3n) is 1.86. The lowest BCUT2D eigenvalue weighted by Crippen LogP contribution is -2.00. The van der Waals surface area contributed by atoms with Gasteiger partial charge in [0.15, 0.2) is 0 Å². The van der Waals surface area contributed by atoms with Crippen LogP contribution in [0.2, 0.25) is 0 Å². The van der Waals surface area contributed by atoms with Crippen molar-refractivity contribution in [3.05, 3.63) is 36.8 Å². The molecule has 1 rings (SSSR count). The van der Waals surface area contributed by atoms with Crippen molar-refractivity contribution in [2.75, 3.05) is 19.2 Å². The minimum Gasteiger partial charge on any atom is -0.492 e. The Labute approximate surface area is 88.8 Å². The highest BCUT2D eigenvalue weighted by molar-refractivity contribution is 6.17. The molecule has 0 aliphatic carbocycles. The van der Waals surface area contributed by atoms with E-state index >= 15 is 0 Å². The van der Waals surface area contributed by atoms with Gasteiger partial charge in [-0.25, -0.2) is 0 Å². The lowest BCUT2D eigenvalue weighted by atomic mass is 10.0. The summed E-state index contributed by atoms with van der Waals surface area (Å²) in [4.78, 5) is 0. The Balaban J connectivity index is 2.68. The van der Waals surface area contributed by atoms with Crippen LogP contribution in [0.3, 0.4) is 0 Å². The highest BCUT2D eigenvalue weighted by Crippen LogP contribution is 2.20. The molecule has 1 atom stereocenters. The average molecular weight is 216 g/mol. The van der Waals surface area contributed by atoms with Crippen molar-refractivity contribution in [2.24, 2.45) is 0 Å². The zero-order chi connectivity index (χ0) is 10.4.